The zero-order valence-corrected chi connectivity index (χ0v) is 20.2. The SMILES string of the molecule is Cc1nn(C(F)F)cc1S(=O)(=O)N1CC(CC(=O)NS(=O)(=O)C2CC2)Oc2ccc(NC(=O)O)cc21. The predicted octanol–water partition coefficient (Wildman–Crippen LogP) is 1.63. The van der Waals surface area contributed by atoms with Gasteiger partial charge in [-0.1, -0.05) is 0 Å². The molecule has 0 saturated heterocycles. The summed E-state index contributed by atoms with van der Waals surface area (Å²) in [4.78, 5) is 22.9. The number of carbonyl (C=O) groups is 2. The minimum atomic E-state index is -4.56. The van der Waals surface area contributed by atoms with Gasteiger partial charge >= 0.3 is 12.6 Å². The molecule has 0 spiro atoms. The van der Waals surface area contributed by atoms with E-state index in [2.05, 4.69) is 10.4 Å². The van der Waals surface area contributed by atoms with Crippen molar-refractivity contribution < 1.29 is 45.0 Å². The summed E-state index contributed by atoms with van der Waals surface area (Å²) in [6.45, 7) is -2.37. The number of fused-ring (bicyclic) bond motifs is 1. The van der Waals surface area contributed by atoms with E-state index in [0.717, 1.165) is 4.31 Å². The number of amides is 2. The highest BCUT2D eigenvalue weighted by molar-refractivity contribution is 7.93. The molecule has 4 rings (SSSR count). The maximum atomic E-state index is 13.5. The molecular formula is C19H21F2N5O8S2. The first-order chi connectivity index (χ1) is 16.8. The molecule has 2 aliphatic rings. The Morgan fingerprint density at radius 3 is 2.53 bits per heavy atom. The van der Waals surface area contributed by atoms with Crippen LogP contribution in [0.25, 0.3) is 0 Å². The third kappa shape index (κ3) is 5.20. The molecule has 2 heterocycles. The molecule has 13 nitrogen and oxygen atoms in total. The van der Waals surface area contributed by atoms with Crippen molar-refractivity contribution >= 4 is 43.4 Å². The number of halogens is 2. The molecule has 0 bridgehead atoms. The highest BCUT2D eigenvalue weighted by Gasteiger charge is 2.40. The van der Waals surface area contributed by atoms with Crippen LogP contribution in [0.1, 0.15) is 31.5 Å². The lowest BCUT2D eigenvalue weighted by Gasteiger charge is -2.35. The second-order valence-corrected chi connectivity index (χ2v) is 12.0. The van der Waals surface area contributed by atoms with E-state index in [9.17, 15) is 35.2 Å². The van der Waals surface area contributed by atoms with Gasteiger partial charge in [0.25, 0.3) is 10.0 Å². The number of alkyl halides is 2. The Kier molecular flexibility index (Phi) is 6.54. The van der Waals surface area contributed by atoms with Crippen molar-refractivity contribution in [1.82, 2.24) is 14.5 Å². The van der Waals surface area contributed by atoms with Crippen LogP contribution in [0.2, 0.25) is 0 Å². The Morgan fingerprint density at radius 2 is 1.94 bits per heavy atom. The number of benzene rings is 1. The van der Waals surface area contributed by atoms with E-state index in [1.165, 1.54) is 25.1 Å². The minimum Gasteiger partial charge on any atom is -0.486 e. The normalized spacial score (nSPS) is 17.9. The molecule has 3 N–H and O–H groups in total. The van der Waals surface area contributed by atoms with Gasteiger partial charge in [0.2, 0.25) is 15.9 Å². The molecular weight excluding hydrogens is 528 g/mol. The smallest absolute Gasteiger partial charge is 0.409 e. The van der Waals surface area contributed by atoms with Gasteiger partial charge in [-0.3, -0.25) is 19.1 Å². The quantitative estimate of drug-likeness (QED) is 0.442. The first-order valence-corrected chi connectivity index (χ1v) is 13.5. The fraction of sp³-hybridized carbons (Fsp3) is 0.421. The summed E-state index contributed by atoms with van der Waals surface area (Å²) in [5.41, 5.74) is -0.336. The van der Waals surface area contributed by atoms with Crippen LogP contribution < -0.4 is 19.1 Å². The number of nitrogens with zero attached hydrogens (tertiary/aromatic N) is 3. The Bertz CT molecular complexity index is 1420. The molecule has 1 aromatic heterocycles. The molecule has 1 unspecified atom stereocenters. The fourth-order valence-electron chi connectivity index (χ4n) is 3.65. The lowest BCUT2D eigenvalue weighted by atomic mass is 10.1. The van der Waals surface area contributed by atoms with E-state index in [0.29, 0.717) is 19.0 Å². The highest BCUT2D eigenvalue weighted by Crippen LogP contribution is 2.40. The molecule has 17 heteroatoms. The number of sulfonamides is 2. The van der Waals surface area contributed by atoms with Crippen molar-refractivity contribution in [3.8, 4) is 5.75 Å². The molecule has 196 valence electrons. The van der Waals surface area contributed by atoms with Crippen molar-refractivity contribution in [2.24, 2.45) is 0 Å². The van der Waals surface area contributed by atoms with Gasteiger partial charge in [0.15, 0.2) is 0 Å². The van der Waals surface area contributed by atoms with Crippen LogP contribution in [0.3, 0.4) is 0 Å². The summed E-state index contributed by atoms with van der Waals surface area (Å²) in [6, 6.07) is 3.73. The van der Waals surface area contributed by atoms with Crippen molar-refractivity contribution in [2.75, 3.05) is 16.2 Å². The maximum Gasteiger partial charge on any atom is 0.409 e. The van der Waals surface area contributed by atoms with E-state index >= 15 is 0 Å². The van der Waals surface area contributed by atoms with Crippen LogP contribution in [0.5, 0.6) is 5.75 Å². The Hall–Kier alpha value is -3.47. The van der Waals surface area contributed by atoms with E-state index in [1.54, 1.807) is 0 Å². The maximum absolute atomic E-state index is 13.5. The largest absolute Gasteiger partial charge is 0.486 e. The Labute approximate surface area is 204 Å². The first kappa shape index (κ1) is 25.6. The molecule has 1 saturated carbocycles. The number of ether oxygens (including phenoxy) is 1. The van der Waals surface area contributed by atoms with Gasteiger partial charge in [0.05, 0.1) is 35.8 Å². The summed E-state index contributed by atoms with van der Waals surface area (Å²) < 4.78 is 86.1. The molecule has 0 radical (unpaired) electrons. The third-order valence-corrected chi connectivity index (χ3v) is 9.16. The second-order valence-electron chi connectivity index (χ2n) is 8.20. The van der Waals surface area contributed by atoms with Crippen molar-refractivity contribution in [3.63, 3.8) is 0 Å². The van der Waals surface area contributed by atoms with Crippen LogP contribution in [0.15, 0.2) is 29.3 Å². The minimum absolute atomic E-state index is 0.00299. The number of hydrogen-bond acceptors (Lipinski definition) is 8. The summed E-state index contributed by atoms with van der Waals surface area (Å²) in [7, 11) is -8.40. The molecule has 36 heavy (non-hydrogen) atoms. The standard InChI is InChI=1S/C19H21F2N5O8S2/c1-10-16(9-25(23-10)18(20)21)36(32,33)26-8-12(7-17(27)24-35(30,31)13-3-4-13)34-15-5-2-11(6-14(15)26)22-19(28)29/h2,5-6,9,12-13,18,22H,3-4,7-8H2,1H3,(H,24,27)(H,28,29). The molecule has 1 aliphatic heterocycles. The van der Waals surface area contributed by atoms with Gasteiger partial charge in [0, 0.05) is 5.69 Å². The number of carboxylic acid groups (broad SMARTS) is 1. The molecule has 1 fully saturated rings. The Balaban J connectivity index is 1.69. The topological polar surface area (TPSA) is 177 Å². The van der Waals surface area contributed by atoms with Crippen molar-refractivity contribution in [2.45, 2.75) is 49.0 Å². The average Bonchev–Trinajstić information content (AvgIpc) is 3.55. The number of hydrogen-bond donors (Lipinski definition) is 3. The van der Waals surface area contributed by atoms with Crippen molar-refractivity contribution in [1.29, 1.82) is 0 Å². The summed E-state index contributed by atoms with van der Waals surface area (Å²) in [5, 5.41) is 13.9. The highest BCUT2D eigenvalue weighted by atomic mass is 32.2. The van der Waals surface area contributed by atoms with E-state index in [4.69, 9.17) is 9.84 Å². The summed E-state index contributed by atoms with van der Waals surface area (Å²) in [5.74, 6) is -0.957. The lowest BCUT2D eigenvalue weighted by Crippen LogP contribution is -2.46. The molecule has 1 atom stereocenters. The molecule has 1 aliphatic carbocycles. The van der Waals surface area contributed by atoms with Crippen LogP contribution in [-0.2, 0) is 24.8 Å². The van der Waals surface area contributed by atoms with Gasteiger partial charge in [-0.15, -0.1) is 0 Å². The Morgan fingerprint density at radius 1 is 1.25 bits per heavy atom. The number of aromatic nitrogens is 2. The number of anilines is 2. The van der Waals surface area contributed by atoms with E-state index in [-0.39, 0.29) is 27.5 Å². The number of nitrogens with one attached hydrogen (secondary N) is 2. The molecule has 2 aromatic rings. The van der Waals surface area contributed by atoms with E-state index in [1.807, 2.05) is 4.72 Å². The van der Waals surface area contributed by atoms with Gasteiger partial charge in [0.1, 0.15) is 16.7 Å². The van der Waals surface area contributed by atoms with E-state index < -0.39 is 67.8 Å². The molecule has 2 amide bonds. The number of aryl methyl sites for hydroxylation is 1. The number of rotatable bonds is 8. The number of carbonyl (C=O) groups excluding carboxylic acids is 1. The second kappa shape index (κ2) is 9.20. The first-order valence-electron chi connectivity index (χ1n) is 10.5. The van der Waals surface area contributed by atoms with Crippen LogP contribution in [-0.4, -0.2) is 61.6 Å². The van der Waals surface area contributed by atoms with Crippen LogP contribution >= 0.6 is 0 Å². The molecule has 1 aromatic carbocycles. The third-order valence-electron chi connectivity index (χ3n) is 5.41. The zero-order chi connectivity index (χ0) is 26.4. The van der Waals surface area contributed by atoms with Crippen LogP contribution in [0, 0.1) is 6.92 Å². The lowest BCUT2D eigenvalue weighted by molar-refractivity contribution is -0.120. The van der Waals surface area contributed by atoms with Gasteiger partial charge in [-0.25, -0.2) is 26.3 Å². The summed E-state index contributed by atoms with van der Waals surface area (Å²) in [6.07, 6.45) is -1.57. The van der Waals surface area contributed by atoms with Gasteiger partial charge in [-0.05, 0) is 38.0 Å². The monoisotopic (exact) mass is 549 g/mol. The zero-order valence-electron chi connectivity index (χ0n) is 18.6. The summed E-state index contributed by atoms with van der Waals surface area (Å²) >= 11 is 0. The van der Waals surface area contributed by atoms with Gasteiger partial charge < -0.3 is 9.84 Å². The fourth-order valence-corrected chi connectivity index (χ4v) is 6.63. The van der Waals surface area contributed by atoms with Crippen molar-refractivity contribution in [3.05, 3.63) is 30.1 Å². The van der Waals surface area contributed by atoms with Crippen LogP contribution in [0.4, 0.5) is 25.0 Å². The van der Waals surface area contributed by atoms with Gasteiger partial charge in [-0.2, -0.15) is 13.9 Å². The predicted molar refractivity (Wildman–Crippen MR) is 120 cm³/mol. The average molecular weight is 550 g/mol.